The van der Waals surface area contributed by atoms with E-state index in [4.69, 9.17) is 5.11 Å². The fourth-order valence-corrected chi connectivity index (χ4v) is 0.904. The number of allylic oxidation sites excluding steroid dienone is 1. The molecule has 4 nitrogen and oxygen atoms in total. The van der Waals surface area contributed by atoms with E-state index in [-0.39, 0.29) is 6.42 Å². The van der Waals surface area contributed by atoms with Crippen LogP contribution in [0.25, 0.3) is 0 Å². The minimum Gasteiger partial charge on any atom is -0.478 e. The van der Waals surface area contributed by atoms with E-state index >= 15 is 0 Å². The standard InChI is InChI=1S/C7H9NO3/c1-5-3-2-4-7(11,8-5)6(9)10/h2-3,11H,4H2,1H3,(H,9,10). The maximum atomic E-state index is 10.4. The molecule has 0 radical (unpaired) electrons. The van der Waals surface area contributed by atoms with Crippen LogP contribution in [0.5, 0.6) is 0 Å². The average molecular weight is 155 g/mol. The van der Waals surface area contributed by atoms with Crippen molar-refractivity contribution in [3.63, 3.8) is 0 Å². The fourth-order valence-electron chi connectivity index (χ4n) is 0.904. The first kappa shape index (κ1) is 7.94. The SMILES string of the molecule is CC1=NC(O)(C(=O)O)CC=C1. The molecule has 1 aliphatic rings. The van der Waals surface area contributed by atoms with Crippen LogP contribution in [0.4, 0.5) is 0 Å². The molecule has 0 aliphatic carbocycles. The summed E-state index contributed by atoms with van der Waals surface area (Å²) in [5.41, 5.74) is -1.40. The average Bonchev–Trinajstić information content (AvgIpc) is 1.86. The van der Waals surface area contributed by atoms with Crippen LogP contribution < -0.4 is 0 Å². The van der Waals surface area contributed by atoms with Crippen molar-refractivity contribution in [1.29, 1.82) is 0 Å². The number of hydrogen-bond acceptors (Lipinski definition) is 3. The van der Waals surface area contributed by atoms with Gasteiger partial charge in [0, 0.05) is 12.1 Å². The third-order valence-electron chi connectivity index (χ3n) is 1.47. The number of nitrogens with zero attached hydrogens (tertiary/aromatic N) is 1. The molecule has 0 aromatic heterocycles. The maximum absolute atomic E-state index is 10.4. The van der Waals surface area contributed by atoms with E-state index in [0.29, 0.717) is 5.71 Å². The van der Waals surface area contributed by atoms with E-state index in [1.54, 1.807) is 19.1 Å². The number of aliphatic carboxylic acids is 1. The highest BCUT2D eigenvalue weighted by Crippen LogP contribution is 2.17. The Kier molecular flexibility index (Phi) is 1.78. The highest BCUT2D eigenvalue weighted by molar-refractivity contribution is 5.96. The molecule has 4 heteroatoms. The van der Waals surface area contributed by atoms with Crippen molar-refractivity contribution in [3.8, 4) is 0 Å². The lowest BCUT2D eigenvalue weighted by atomic mass is 10.1. The zero-order chi connectivity index (χ0) is 8.48. The molecule has 1 heterocycles. The topological polar surface area (TPSA) is 69.9 Å². The summed E-state index contributed by atoms with van der Waals surface area (Å²) >= 11 is 0. The van der Waals surface area contributed by atoms with Crippen molar-refractivity contribution in [2.75, 3.05) is 0 Å². The van der Waals surface area contributed by atoms with Crippen LogP contribution in [0.3, 0.4) is 0 Å². The predicted octanol–water partition coefficient (Wildman–Crippen LogP) is 0.180. The van der Waals surface area contributed by atoms with Gasteiger partial charge in [0.1, 0.15) is 0 Å². The summed E-state index contributed by atoms with van der Waals surface area (Å²) in [5.74, 6) is -1.30. The van der Waals surface area contributed by atoms with Crippen molar-refractivity contribution in [2.24, 2.45) is 4.99 Å². The number of carboxylic acids is 1. The zero-order valence-corrected chi connectivity index (χ0v) is 6.11. The monoisotopic (exact) mass is 155 g/mol. The van der Waals surface area contributed by atoms with Gasteiger partial charge in [-0.05, 0) is 13.0 Å². The molecule has 0 saturated heterocycles. The van der Waals surface area contributed by atoms with Crippen molar-refractivity contribution in [2.45, 2.75) is 19.1 Å². The Morgan fingerprint density at radius 2 is 2.45 bits per heavy atom. The largest absolute Gasteiger partial charge is 0.478 e. The number of carbonyl (C=O) groups is 1. The highest BCUT2D eigenvalue weighted by Gasteiger charge is 2.35. The maximum Gasteiger partial charge on any atom is 0.359 e. The Labute approximate surface area is 63.9 Å². The normalized spacial score (nSPS) is 29.8. The van der Waals surface area contributed by atoms with Gasteiger partial charge in [-0.2, -0.15) is 0 Å². The van der Waals surface area contributed by atoms with Crippen LogP contribution in [-0.4, -0.2) is 27.6 Å². The van der Waals surface area contributed by atoms with Gasteiger partial charge in [-0.1, -0.05) is 6.08 Å². The number of aliphatic imine (C=N–C) groups is 1. The van der Waals surface area contributed by atoms with Gasteiger partial charge in [0.2, 0.25) is 0 Å². The van der Waals surface area contributed by atoms with Crippen molar-refractivity contribution in [3.05, 3.63) is 12.2 Å². The Balaban J connectivity index is 2.92. The second kappa shape index (κ2) is 2.47. The first-order valence-corrected chi connectivity index (χ1v) is 3.23. The van der Waals surface area contributed by atoms with Crippen LogP contribution in [0.1, 0.15) is 13.3 Å². The van der Waals surface area contributed by atoms with E-state index in [9.17, 15) is 9.90 Å². The second-order valence-electron chi connectivity index (χ2n) is 2.48. The van der Waals surface area contributed by atoms with E-state index < -0.39 is 11.7 Å². The molecule has 0 bridgehead atoms. The Morgan fingerprint density at radius 3 is 2.82 bits per heavy atom. The minimum absolute atomic E-state index is 0.0413. The van der Waals surface area contributed by atoms with Crippen LogP contribution in [0.2, 0.25) is 0 Å². The third kappa shape index (κ3) is 1.46. The molecule has 1 atom stereocenters. The van der Waals surface area contributed by atoms with Gasteiger partial charge >= 0.3 is 5.97 Å². The molecule has 0 spiro atoms. The fraction of sp³-hybridized carbons (Fsp3) is 0.429. The van der Waals surface area contributed by atoms with Crippen molar-refractivity contribution >= 4 is 11.7 Å². The molecule has 0 aromatic carbocycles. The van der Waals surface area contributed by atoms with Gasteiger partial charge in [-0.3, -0.25) is 0 Å². The summed E-state index contributed by atoms with van der Waals surface area (Å²) in [5, 5.41) is 17.8. The van der Waals surface area contributed by atoms with E-state index in [1.807, 2.05) is 0 Å². The molecule has 11 heavy (non-hydrogen) atoms. The van der Waals surface area contributed by atoms with Gasteiger partial charge in [0.25, 0.3) is 5.72 Å². The van der Waals surface area contributed by atoms with E-state index in [0.717, 1.165) is 0 Å². The molecule has 1 rings (SSSR count). The first-order valence-electron chi connectivity index (χ1n) is 3.23. The summed E-state index contributed by atoms with van der Waals surface area (Å²) in [4.78, 5) is 14.0. The number of hydrogen-bond donors (Lipinski definition) is 2. The van der Waals surface area contributed by atoms with Gasteiger partial charge < -0.3 is 10.2 Å². The van der Waals surface area contributed by atoms with Crippen LogP contribution in [0, 0.1) is 0 Å². The van der Waals surface area contributed by atoms with Crippen LogP contribution >= 0.6 is 0 Å². The second-order valence-corrected chi connectivity index (χ2v) is 2.48. The lowest BCUT2D eigenvalue weighted by Crippen LogP contribution is -2.37. The summed E-state index contributed by atoms with van der Waals surface area (Å²) in [6, 6.07) is 0. The lowest BCUT2D eigenvalue weighted by Gasteiger charge is -2.19. The lowest BCUT2D eigenvalue weighted by molar-refractivity contribution is -0.157. The molecule has 1 aliphatic heterocycles. The van der Waals surface area contributed by atoms with E-state index in [1.165, 1.54) is 0 Å². The Bertz CT molecular complexity index is 244. The molecule has 0 amide bonds. The summed E-state index contributed by atoms with van der Waals surface area (Å²) in [6.45, 7) is 1.64. The van der Waals surface area contributed by atoms with Crippen molar-refractivity contribution in [1.82, 2.24) is 0 Å². The van der Waals surface area contributed by atoms with Crippen LogP contribution in [0.15, 0.2) is 17.1 Å². The summed E-state index contributed by atoms with van der Waals surface area (Å²) in [6.07, 6.45) is 3.31. The molecule has 0 aromatic rings. The molecule has 1 unspecified atom stereocenters. The third-order valence-corrected chi connectivity index (χ3v) is 1.47. The van der Waals surface area contributed by atoms with Crippen molar-refractivity contribution < 1.29 is 15.0 Å². The first-order chi connectivity index (χ1) is 5.04. The Morgan fingerprint density at radius 1 is 1.82 bits per heavy atom. The number of aliphatic hydroxyl groups is 1. The molecule has 60 valence electrons. The van der Waals surface area contributed by atoms with Gasteiger partial charge in [0.05, 0.1) is 0 Å². The van der Waals surface area contributed by atoms with Gasteiger partial charge in [0.15, 0.2) is 0 Å². The number of carboxylic acid groups (broad SMARTS) is 1. The molecule has 0 saturated carbocycles. The highest BCUT2D eigenvalue weighted by atomic mass is 16.4. The number of rotatable bonds is 1. The minimum atomic E-state index is -1.93. The van der Waals surface area contributed by atoms with Crippen LogP contribution in [-0.2, 0) is 4.79 Å². The molecular weight excluding hydrogens is 146 g/mol. The zero-order valence-electron chi connectivity index (χ0n) is 6.11. The quantitative estimate of drug-likeness (QED) is 0.567. The van der Waals surface area contributed by atoms with Gasteiger partial charge in [-0.15, -0.1) is 0 Å². The molecular formula is C7H9NO3. The molecule has 2 N–H and O–H groups in total. The molecule has 0 fully saturated rings. The van der Waals surface area contributed by atoms with Gasteiger partial charge in [-0.25, -0.2) is 9.79 Å². The van der Waals surface area contributed by atoms with E-state index in [2.05, 4.69) is 4.99 Å². The summed E-state index contributed by atoms with van der Waals surface area (Å²) < 4.78 is 0. The Hall–Kier alpha value is -1.16. The summed E-state index contributed by atoms with van der Waals surface area (Å²) in [7, 11) is 0. The smallest absolute Gasteiger partial charge is 0.359 e. The predicted molar refractivity (Wildman–Crippen MR) is 39.5 cm³/mol. The number of dihydropyridines is 1.